The second-order valence-electron chi connectivity index (χ2n) is 5.50. The van der Waals surface area contributed by atoms with Gasteiger partial charge in [-0.05, 0) is 17.7 Å². The number of hydrogen-bond donors (Lipinski definition) is 2. The second kappa shape index (κ2) is 8.68. The number of amides is 2. The number of carboxylic acid groups (broad SMARTS) is 1. The van der Waals surface area contributed by atoms with E-state index in [0.29, 0.717) is 17.9 Å². The summed E-state index contributed by atoms with van der Waals surface area (Å²) in [5.41, 5.74) is 0.526. The Labute approximate surface area is 143 Å². The first-order valence-corrected chi connectivity index (χ1v) is 8.71. The Bertz CT molecular complexity index is 626. The minimum Gasteiger partial charge on any atom is -0.481 e. The third kappa shape index (κ3) is 5.52. The standard InChI is InChI=1S/C16H19FN2O4S/c17-12-3-1-2-11(6-12)7-14(20)18-9-15(21)19-4-5-24-10-13(19)8-16(22)23/h1-3,6,13H,4-5,7-10H2,(H,18,20)(H,22,23). The summed E-state index contributed by atoms with van der Waals surface area (Å²) in [6.07, 6.45) is -0.116. The van der Waals surface area contributed by atoms with Crippen LogP contribution in [0.3, 0.4) is 0 Å². The van der Waals surface area contributed by atoms with Gasteiger partial charge >= 0.3 is 5.97 Å². The predicted octanol–water partition coefficient (Wildman–Crippen LogP) is 0.903. The van der Waals surface area contributed by atoms with Gasteiger partial charge in [0.1, 0.15) is 5.82 Å². The molecular weight excluding hydrogens is 335 g/mol. The molecule has 2 rings (SSSR count). The summed E-state index contributed by atoms with van der Waals surface area (Å²) in [6.45, 7) is 0.288. The van der Waals surface area contributed by atoms with E-state index in [1.54, 1.807) is 17.8 Å². The Kier molecular flexibility index (Phi) is 6.60. The number of carbonyl (C=O) groups excluding carboxylic acids is 2. The molecule has 1 aromatic rings. The van der Waals surface area contributed by atoms with Crippen LogP contribution in [0, 0.1) is 5.82 Å². The highest BCUT2D eigenvalue weighted by atomic mass is 32.2. The molecule has 2 N–H and O–H groups in total. The largest absolute Gasteiger partial charge is 0.481 e. The maximum atomic E-state index is 13.1. The van der Waals surface area contributed by atoms with Gasteiger partial charge in [-0.1, -0.05) is 12.1 Å². The molecule has 0 aromatic heterocycles. The third-order valence-electron chi connectivity index (χ3n) is 3.65. The summed E-state index contributed by atoms with van der Waals surface area (Å²) in [7, 11) is 0. The van der Waals surface area contributed by atoms with Crippen LogP contribution in [-0.2, 0) is 20.8 Å². The average Bonchev–Trinajstić information content (AvgIpc) is 2.52. The highest BCUT2D eigenvalue weighted by Crippen LogP contribution is 2.19. The first kappa shape index (κ1) is 18.3. The molecule has 0 saturated carbocycles. The first-order valence-electron chi connectivity index (χ1n) is 7.56. The van der Waals surface area contributed by atoms with Crippen molar-refractivity contribution >= 4 is 29.5 Å². The fraction of sp³-hybridized carbons (Fsp3) is 0.438. The van der Waals surface area contributed by atoms with Gasteiger partial charge in [0.15, 0.2) is 0 Å². The van der Waals surface area contributed by atoms with Crippen LogP contribution in [0.25, 0.3) is 0 Å². The summed E-state index contributed by atoms with van der Waals surface area (Å²) in [4.78, 5) is 36.5. The highest BCUT2D eigenvalue weighted by molar-refractivity contribution is 7.99. The van der Waals surface area contributed by atoms with E-state index >= 15 is 0 Å². The molecule has 24 heavy (non-hydrogen) atoms. The van der Waals surface area contributed by atoms with Crippen molar-refractivity contribution in [2.75, 3.05) is 24.6 Å². The summed E-state index contributed by atoms with van der Waals surface area (Å²) >= 11 is 1.61. The quantitative estimate of drug-likeness (QED) is 0.793. The fourth-order valence-corrected chi connectivity index (χ4v) is 3.59. The van der Waals surface area contributed by atoms with Crippen molar-refractivity contribution in [2.45, 2.75) is 18.9 Å². The third-order valence-corrected chi connectivity index (χ3v) is 4.74. The molecule has 1 aromatic carbocycles. The lowest BCUT2D eigenvalue weighted by Crippen LogP contribution is -2.50. The van der Waals surface area contributed by atoms with Crippen LogP contribution in [0.4, 0.5) is 4.39 Å². The number of aliphatic carboxylic acids is 1. The Balaban J connectivity index is 1.84. The number of carboxylic acids is 1. The van der Waals surface area contributed by atoms with Crippen LogP contribution in [0.5, 0.6) is 0 Å². The molecule has 8 heteroatoms. The van der Waals surface area contributed by atoms with Crippen molar-refractivity contribution in [3.05, 3.63) is 35.6 Å². The maximum Gasteiger partial charge on any atom is 0.305 e. The Hall–Kier alpha value is -2.09. The van der Waals surface area contributed by atoms with E-state index in [1.807, 2.05) is 0 Å². The fourth-order valence-electron chi connectivity index (χ4n) is 2.52. The number of carbonyl (C=O) groups is 3. The number of hydrogen-bond acceptors (Lipinski definition) is 4. The van der Waals surface area contributed by atoms with Gasteiger partial charge in [-0.3, -0.25) is 14.4 Å². The van der Waals surface area contributed by atoms with E-state index in [4.69, 9.17) is 5.11 Å². The minimum atomic E-state index is -0.949. The number of thioether (sulfide) groups is 1. The molecule has 0 bridgehead atoms. The van der Waals surface area contributed by atoms with Crippen molar-refractivity contribution in [3.8, 4) is 0 Å². The normalized spacial score (nSPS) is 17.4. The molecule has 2 amide bonds. The highest BCUT2D eigenvalue weighted by Gasteiger charge is 2.28. The summed E-state index contributed by atoms with van der Waals surface area (Å²) in [5.74, 6) is -0.715. The summed E-state index contributed by atoms with van der Waals surface area (Å²) in [5, 5.41) is 11.4. The topological polar surface area (TPSA) is 86.7 Å². The SMILES string of the molecule is O=C(O)CC1CSCCN1C(=O)CNC(=O)Cc1cccc(F)c1. The molecule has 1 aliphatic heterocycles. The first-order chi connectivity index (χ1) is 11.5. The Morgan fingerprint density at radius 1 is 1.38 bits per heavy atom. The van der Waals surface area contributed by atoms with Crippen LogP contribution >= 0.6 is 11.8 Å². The number of nitrogens with zero attached hydrogens (tertiary/aromatic N) is 1. The molecule has 1 fully saturated rings. The smallest absolute Gasteiger partial charge is 0.305 e. The van der Waals surface area contributed by atoms with Gasteiger partial charge in [-0.15, -0.1) is 0 Å². The van der Waals surface area contributed by atoms with Gasteiger partial charge in [-0.25, -0.2) is 4.39 Å². The summed E-state index contributed by atoms with van der Waals surface area (Å²) < 4.78 is 13.1. The van der Waals surface area contributed by atoms with Gasteiger partial charge in [0.25, 0.3) is 0 Å². The van der Waals surface area contributed by atoms with Crippen molar-refractivity contribution in [1.82, 2.24) is 10.2 Å². The van der Waals surface area contributed by atoms with Crippen LogP contribution < -0.4 is 5.32 Å². The van der Waals surface area contributed by atoms with Gasteiger partial charge in [0.05, 0.1) is 25.4 Å². The zero-order chi connectivity index (χ0) is 17.5. The zero-order valence-electron chi connectivity index (χ0n) is 13.0. The number of benzene rings is 1. The van der Waals surface area contributed by atoms with Gasteiger partial charge in [0.2, 0.25) is 11.8 Å². The summed E-state index contributed by atoms with van der Waals surface area (Å²) in [6, 6.07) is 5.36. The molecule has 0 aliphatic carbocycles. The molecular formula is C16H19FN2O4S. The Morgan fingerprint density at radius 3 is 2.88 bits per heavy atom. The average molecular weight is 354 g/mol. The lowest BCUT2D eigenvalue weighted by Gasteiger charge is -2.34. The monoisotopic (exact) mass is 354 g/mol. The number of nitrogens with one attached hydrogen (secondary N) is 1. The van der Waals surface area contributed by atoms with E-state index in [1.165, 1.54) is 23.1 Å². The van der Waals surface area contributed by atoms with Crippen LogP contribution in [0.15, 0.2) is 24.3 Å². The lowest BCUT2D eigenvalue weighted by atomic mass is 10.1. The maximum absolute atomic E-state index is 13.1. The van der Waals surface area contributed by atoms with Crippen molar-refractivity contribution in [1.29, 1.82) is 0 Å². The van der Waals surface area contributed by atoms with E-state index in [2.05, 4.69) is 5.32 Å². The van der Waals surface area contributed by atoms with E-state index in [0.717, 1.165) is 5.75 Å². The predicted molar refractivity (Wildman–Crippen MR) is 88.2 cm³/mol. The molecule has 0 radical (unpaired) electrons. The van der Waals surface area contributed by atoms with Crippen molar-refractivity contribution in [2.24, 2.45) is 0 Å². The molecule has 1 saturated heterocycles. The second-order valence-corrected chi connectivity index (χ2v) is 6.65. The van der Waals surface area contributed by atoms with E-state index in [9.17, 15) is 18.8 Å². The van der Waals surface area contributed by atoms with Crippen LogP contribution in [0.2, 0.25) is 0 Å². The van der Waals surface area contributed by atoms with E-state index < -0.39 is 11.8 Å². The van der Waals surface area contributed by atoms with Crippen molar-refractivity contribution < 1.29 is 23.9 Å². The van der Waals surface area contributed by atoms with Crippen LogP contribution in [0.1, 0.15) is 12.0 Å². The number of halogens is 1. The van der Waals surface area contributed by atoms with Gasteiger partial charge < -0.3 is 15.3 Å². The molecule has 1 heterocycles. The minimum absolute atomic E-state index is 0.0144. The van der Waals surface area contributed by atoms with Gasteiger partial charge in [0, 0.05) is 18.1 Å². The molecule has 6 nitrogen and oxygen atoms in total. The Morgan fingerprint density at radius 2 is 2.17 bits per heavy atom. The van der Waals surface area contributed by atoms with Crippen molar-refractivity contribution in [3.63, 3.8) is 0 Å². The molecule has 1 atom stereocenters. The molecule has 1 aliphatic rings. The van der Waals surface area contributed by atoms with Crippen LogP contribution in [-0.4, -0.2) is 58.4 Å². The molecule has 130 valence electrons. The molecule has 0 spiro atoms. The zero-order valence-corrected chi connectivity index (χ0v) is 13.9. The molecule has 1 unspecified atom stereocenters. The number of rotatable bonds is 6. The van der Waals surface area contributed by atoms with E-state index in [-0.39, 0.29) is 37.2 Å². The van der Waals surface area contributed by atoms with Gasteiger partial charge in [-0.2, -0.15) is 11.8 Å². The lowest BCUT2D eigenvalue weighted by molar-refractivity contribution is -0.140.